The monoisotopic (exact) mass is 310 g/mol. The standard InChI is InChI=1S/C16H26N2O2S/c1-4-13-7-5-6-8-15(13)18-21(19,20)16-11(2)9-10-14(17)12(16)3/h9-10,13,15,18H,4-8,17H2,1-3H3. The highest BCUT2D eigenvalue weighted by Crippen LogP contribution is 2.30. The first kappa shape index (κ1) is 16.3. The summed E-state index contributed by atoms with van der Waals surface area (Å²) in [4.78, 5) is 0.350. The molecule has 0 aromatic heterocycles. The van der Waals surface area contributed by atoms with Gasteiger partial charge in [-0.25, -0.2) is 13.1 Å². The van der Waals surface area contributed by atoms with Crippen molar-refractivity contribution in [2.45, 2.75) is 63.8 Å². The number of anilines is 1. The fourth-order valence-corrected chi connectivity index (χ4v) is 5.21. The van der Waals surface area contributed by atoms with Crippen molar-refractivity contribution in [3.05, 3.63) is 23.3 Å². The first-order valence-corrected chi connectivity index (χ1v) is 9.23. The molecule has 0 aliphatic heterocycles. The molecule has 1 fully saturated rings. The molecule has 1 saturated carbocycles. The zero-order valence-corrected chi connectivity index (χ0v) is 14.0. The summed E-state index contributed by atoms with van der Waals surface area (Å²) < 4.78 is 28.5. The van der Waals surface area contributed by atoms with Crippen LogP contribution in [0.2, 0.25) is 0 Å². The van der Waals surface area contributed by atoms with Gasteiger partial charge < -0.3 is 5.73 Å². The Morgan fingerprint density at radius 2 is 1.90 bits per heavy atom. The highest BCUT2D eigenvalue weighted by molar-refractivity contribution is 7.89. The number of nitrogen functional groups attached to an aromatic ring is 1. The third-order valence-electron chi connectivity index (χ3n) is 4.65. The molecule has 4 nitrogen and oxygen atoms in total. The molecule has 1 aliphatic rings. The van der Waals surface area contributed by atoms with E-state index in [2.05, 4.69) is 11.6 Å². The molecule has 0 amide bonds. The molecule has 1 aromatic carbocycles. The molecule has 1 aliphatic carbocycles. The maximum atomic E-state index is 12.8. The number of nitrogens with two attached hydrogens (primary N) is 1. The van der Waals surface area contributed by atoms with Gasteiger partial charge in [0.05, 0.1) is 4.90 Å². The lowest BCUT2D eigenvalue weighted by atomic mass is 9.83. The van der Waals surface area contributed by atoms with Gasteiger partial charge in [0.25, 0.3) is 0 Å². The molecule has 2 rings (SSSR count). The second-order valence-electron chi connectivity index (χ2n) is 6.11. The Kier molecular flexibility index (Phi) is 4.94. The van der Waals surface area contributed by atoms with E-state index in [0.717, 1.165) is 31.2 Å². The molecule has 1 aromatic rings. The molecule has 0 saturated heterocycles. The minimum Gasteiger partial charge on any atom is -0.398 e. The van der Waals surface area contributed by atoms with Crippen LogP contribution in [-0.4, -0.2) is 14.5 Å². The van der Waals surface area contributed by atoms with Gasteiger partial charge in [-0.2, -0.15) is 0 Å². The van der Waals surface area contributed by atoms with Gasteiger partial charge in [-0.15, -0.1) is 0 Å². The Bertz CT molecular complexity index is 611. The summed E-state index contributed by atoms with van der Waals surface area (Å²) in [6, 6.07) is 3.59. The summed E-state index contributed by atoms with van der Waals surface area (Å²) in [5.41, 5.74) is 7.80. The van der Waals surface area contributed by atoms with Gasteiger partial charge in [0.2, 0.25) is 10.0 Å². The smallest absolute Gasteiger partial charge is 0.241 e. The molecule has 0 radical (unpaired) electrons. The maximum Gasteiger partial charge on any atom is 0.241 e. The van der Waals surface area contributed by atoms with Crippen LogP contribution in [0.25, 0.3) is 0 Å². The Morgan fingerprint density at radius 1 is 1.24 bits per heavy atom. The van der Waals surface area contributed by atoms with E-state index in [1.165, 1.54) is 6.42 Å². The molecular weight excluding hydrogens is 284 g/mol. The molecule has 2 unspecified atom stereocenters. The summed E-state index contributed by atoms with van der Waals surface area (Å²) >= 11 is 0. The van der Waals surface area contributed by atoms with Crippen LogP contribution in [0.1, 0.15) is 50.2 Å². The van der Waals surface area contributed by atoms with E-state index in [0.29, 0.717) is 22.1 Å². The molecule has 0 bridgehead atoms. The van der Waals surface area contributed by atoms with Crippen molar-refractivity contribution in [2.24, 2.45) is 5.92 Å². The number of hydrogen-bond acceptors (Lipinski definition) is 3. The van der Waals surface area contributed by atoms with Gasteiger partial charge >= 0.3 is 0 Å². The van der Waals surface area contributed by atoms with Crippen molar-refractivity contribution in [3.8, 4) is 0 Å². The Hall–Kier alpha value is -1.07. The van der Waals surface area contributed by atoms with E-state index in [4.69, 9.17) is 5.73 Å². The topological polar surface area (TPSA) is 72.2 Å². The van der Waals surface area contributed by atoms with Crippen molar-refractivity contribution in [1.29, 1.82) is 0 Å². The predicted octanol–water partition coefficient (Wildman–Crippen LogP) is 3.13. The van der Waals surface area contributed by atoms with Crippen molar-refractivity contribution >= 4 is 15.7 Å². The average Bonchev–Trinajstić information content (AvgIpc) is 2.43. The van der Waals surface area contributed by atoms with Crippen molar-refractivity contribution in [3.63, 3.8) is 0 Å². The van der Waals surface area contributed by atoms with Crippen LogP contribution in [0.15, 0.2) is 17.0 Å². The number of aryl methyl sites for hydroxylation is 1. The van der Waals surface area contributed by atoms with Crippen molar-refractivity contribution < 1.29 is 8.42 Å². The van der Waals surface area contributed by atoms with Crippen LogP contribution >= 0.6 is 0 Å². The summed E-state index contributed by atoms with van der Waals surface area (Å²) in [5, 5.41) is 0. The summed E-state index contributed by atoms with van der Waals surface area (Å²) in [6.45, 7) is 5.72. The molecule has 5 heteroatoms. The number of nitrogens with one attached hydrogen (secondary N) is 1. The molecule has 21 heavy (non-hydrogen) atoms. The molecule has 2 atom stereocenters. The first-order valence-electron chi connectivity index (χ1n) is 7.74. The third kappa shape index (κ3) is 3.40. The first-order chi connectivity index (χ1) is 9.86. The SMILES string of the molecule is CCC1CCCCC1NS(=O)(=O)c1c(C)ccc(N)c1C. The highest BCUT2D eigenvalue weighted by atomic mass is 32.2. The fourth-order valence-electron chi connectivity index (χ4n) is 3.37. The lowest BCUT2D eigenvalue weighted by molar-refractivity contribution is 0.282. The van der Waals surface area contributed by atoms with E-state index in [-0.39, 0.29) is 6.04 Å². The lowest BCUT2D eigenvalue weighted by Gasteiger charge is -2.31. The Labute approximate surface area is 128 Å². The van der Waals surface area contributed by atoms with Gasteiger partial charge in [0, 0.05) is 11.7 Å². The quantitative estimate of drug-likeness (QED) is 0.839. The van der Waals surface area contributed by atoms with E-state index in [9.17, 15) is 8.42 Å². The van der Waals surface area contributed by atoms with Crippen LogP contribution in [0.3, 0.4) is 0 Å². The second kappa shape index (κ2) is 6.36. The molecule has 3 N–H and O–H groups in total. The summed E-state index contributed by atoms with van der Waals surface area (Å²) in [7, 11) is -3.52. The molecule has 118 valence electrons. The second-order valence-corrected chi connectivity index (χ2v) is 7.76. The normalized spacial score (nSPS) is 23.2. The highest BCUT2D eigenvalue weighted by Gasteiger charge is 2.30. The number of sulfonamides is 1. The lowest BCUT2D eigenvalue weighted by Crippen LogP contribution is -2.42. The summed E-state index contributed by atoms with van der Waals surface area (Å²) in [5.74, 6) is 0.440. The minimum absolute atomic E-state index is 0.0500. The zero-order valence-electron chi connectivity index (χ0n) is 13.1. The van der Waals surface area contributed by atoms with Gasteiger partial charge in [0.1, 0.15) is 0 Å². The minimum atomic E-state index is -3.52. The molecule has 0 heterocycles. The molecular formula is C16H26N2O2S. The number of benzene rings is 1. The van der Waals surface area contributed by atoms with E-state index >= 15 is 0 Å². The number of hydrogen-bond donors (Lipinski definition) is 2. The van der Waals surface area contributed by atoms with Crippen molar-refractivity contribution in [2.75, 3.05) is 5.73 Å². The predicted molar refractivity (Wildman–Crippen MR) is 86.7 cm³/mol. The van der Waals surface area contributed by atoms with E-state index in [1.807, 2.05) is 6.92 Å². The zero-order chi connectivity index (χ0) is 15.6. The van der Waals surface area contributed by atoms with Crippen LogP contribution in [0, 0.1) is 19.8 Å². The maximum absolute atomic E-state index is 12.8. The third-order valence-corrected chi connectivity index (χ3v) is 6.43. The van der Waals surface area contributed by atoms with Gasteiger partial charge in [0.15, 0.2) is 0 Å². The van der Waals surface area contributed by atoms with Gasteiger partial charge in [-0.1, -0.05) is 32.3 Å². The fraction of sp³-hybridized carbons (Fsp3) is 0.625. The van der Waals surface area contributed by atoms with E-state index < -0.39 is 10.0 Å². The molecule has 0 spiro atoms. The Balaban J connectivity index is 2.32. The van der Waals surface area contributed by atoms with Crippen molar-refractivity contribution in [1.82, 2.24) is 4.72 Å². The Morgan fingerprint density at radius 3 is 2.57 bits per heavy atom. The van der Waals surface area contributed by atoms with Crippen LogP contribution in [0.5, 0.6) is 0 Å². The number of rotatable bonds is 4. The van der Waals surface area contributed by atoms with E-state index in [1.54, 1.807) is 19.1 Å². The van der Waals surface area contributed by atoms with Crippen LogP contribution in [0.4, 0.5) is 5.69 Å². The average molecular weight is 310 g/mol. The van der Waals surface area contributed by atoms with Gasteiger partial charge in [-0.3, -0.25) is 0 Å². The summed E-state index contributed by atoms with van der Waals surface area (Å²) in [6.07, 6.45) is 5.35. The largest absolute Gasteiger partial charge is 0.398 e. The van der Waals surface area contributed by atoms with Gasteiger partial charge in [-0.05, 0) is 49.8 Å². The van der Waals surface area contributed by atoms with Crippen LogP contribution in [-0.2, 0) is 10.0 Å². The van der Waals surface area contributed by atoms with Crippen LogP contribution < -0.4 is 10.5 Å².